The molecular formula is C11H15N. The quantitative estimate of drug-likeness (QED) is 0.628. The van der Waals surface area contributed by atoms with Gasteiger partial charge in [-0.3, -0.25) is 0 Å². The number of rotatable bonds is 2. The smallest absolute Gasteiger partial charge is 0.0469 e. The predicted octanol–water partition coefficient (Wildman–Crippen LogP) is 2.76. The van der Waals surface area contributed by atoms with Crippen molar-refractivity contribution in [3.05, 3.63) is 29.6 Å². The van der Waals surface area contributed by atoms with Crippen LogP contribution in [-0.2, 0) is 13.5 Å². The molecule has 2 rings (SSSR count). The summed E-state index contributed by atoms with van der Waals surface area (Å²) in [5.41, 5.74) is 4.51. The molecule has 0 aliphatic heterocycles. The fourth-order valence-electron chi connectivity index (χ4n) is 2.00. The minimum Gasteiger partial charge on any atom is -0.351 e. The van der Waals surface area contributed by atoms with Gasteiger partial charge in [0.25, 0.3) is 0 Å². The van der Waals surface area contributed by atoms with Gasteiger partial charge in [0.15, 0.2) is 0 Å². The molecular weight excluding hydrogens is 146 g/mol. The molecule has 64 valence electrons. The van der Waals surface area contributed by atoms with Crippen molar-refractivity contribution in [2.75, 3.05) is 0 Å². The molecule has 0 aromatic carbocycles. The van der Waals surface area contributed by atoms with Crippen LogP contribution in [0.1, 0.15) is 31.0 Å². The van der Waals surface area contributed by atoms with Crippen LogP contribution in [-0.4, -0.2) is 4.57 Å². The van der Waals surface area contributed by atoms with Crippen LogP contribution in [0.5, 0.6) is 0 Å². The Morgan fingerprint density at radius 2 is 2.33 bits per heavy atom. The fourth-order valence-corrected chi connectivity index (χ4v) is 2.00. The number of nitrogens with zero attached hydrogens (tertiary/aromatic N) is 1. The van der Waals surface area contributed by atoms with E-state index < -0.39 is 0 Å². The van der Waals surface area contributed by atoms with Gasteiger partial charge >= 0.3 is 0 Å². The highest BCUT2D eigenvalue weighted by Gasteiger charge is 2.15. The van der Waals surface area contributed by atoms with E-state index in [1.165, 1.54) is 24.1 Å². The van der Waals surface area contributed by atoms with Gasteiger partial charge < -0.3 is 4.57 Å². The third-order valence-electron chi connectivity index (χ3n) is 2.55. The van der Waals surface area contributed by atoms with E-state index in [0.29, 0.717) is 0 Å². The molecule has 0 amide bonds. The Morgan fingerprint density at radius 1 is 1.50 bits per heavy atom. The van der Waals surface area contributed by atoms with Gasteiger partial charge in [-0.05, 0) is 30.0 Å². The van der Waals surface area contributed by atoms with Crippen LogP contribution in [0.25, 0.3) is 5.57 Å². The maximum Gasteiger partial charge on any atom is 0.0469 e. The molecule has 1 nitrogen and oxygen atoms in total. The van der Waals surface area contributed by atoms with E-state index in [-0.39, 0.29) is 0 Å². The third kappa shape index (κ3) is 1.01. The van der Waals surface area contributed by atoms with Gasteiger partial charge in [-0.2, -0.15) is 0 Å². The van der Waals surface area contributed by atoms with E-state index in [1.807, 2.05) is 0 Å². The molecule has 0 saturated carbocycles. The number of aromatic nitrogens is 1. The summed E-state index contributed by atoms with van der Waals surface area (Å²) >= 11 is 0. The summed E-state index contributed by atoms with van der Waals surface area (Å²) in [5.74, 6) is 0. The number of aryl methyl sites for hydroxylation is 1. The molecule has 1 heteroatoms. The maximum atomic E-state index is 2.37. The van der Waals surface area contributed by atoms with Crippen LogP contribution >= 0.6 is 0 Å². The van der Waals surface area contributed by atoms with Crippen LogP contribution in [0.2, 0.25) is 0 Å². The van der Waals surface area contributed by atoms with Crippen LogP contribution in [0.4, 0.5) is 0 Å². The second-order valence-electron chi connectivity index (χ2n) is 3.48. The molecule has 0 fully saturated rings. The maximum absolute atomic E-state index is 2.37. The Bertz CT molecular complexity index is 318. The molecule has 0 unspecified atom stereocenters. The Kier molecular flexibility index (Phi) is 1.80. The summed E-state index contributed by atoms with van der Waals surface area (Å²) in [6.45, 7) is 2.24. The monoisotopic (exact) mass is 161 g/mol. The molecule has 1 aromatic rings. The first-order chi connectivity index (χ1) is 5.83. The second kappa shape index (κ2) is 2.81. The van der Waals surface area contributed by atoms with Crippen molar-refractivity contribution in [1.29, 1.82) is 0 Å². The minimum absolute atomic E-state index is 1.14. The highest BCUT2D eigenvalue weighted by molar-refractivity contribution is 5.70. The lowest BCUT2D eigenvalue weighted by atomic mass is 10.1. The molecule has 0 N–H and O–H groups in total. The van der Waals surface area contributed by atoms with Crippen LogP contribution in [0.3, 0.4) is 0 Å². The standard InChI is InChI=1S/C11H15N/c1-3-4-9-5-6-10-7-8-12(2)11(9)10/h5,7-8H,3-4,6H2,1-2H3. The average Bonchev–Trinajstić information content (AvgIpc) is 2.58. The molecule has 1 heterocycles. The summed E-state index contributed by atoms with van der Waals surface area (Å²) in [6, 6.07) is 2.23. The molecule has 0 saturated heterocycles. The van der Waals surface area contributed by atoms with E-state index in [0.717, 1.165) is 6.42 Å². The summed E-state index contributed by atoms with van der Waals surface area (Å²) in [5, 5.41) is 0. The Balaban J connectivity index is 2.36. The molecule has 0 bridgehead atoms. The number of hydrogen-bond donors (Lipinski definition) is 0. The Hall–Kier alpha value is -0.980. The Morgan fingerprint density at radius 3 is 3.08 bits per heavy atom. The number of hydrogen-bond acceptors (Lipinski definition) is 0. The number of allylic oxidation sites excluding steroid dienone is 2. The van der Waals surface area contributed by atoms with Crippen LogP contribution in [0, 0.1) is 0 Å². The van der Waals surface area contributed by atoms with Gasteiger partial charge in [-0.1, -0.05) is 19.4 Å². The van der Waals surface area contributed by atoms with Gasteiger partial charge in [-0.25, -0.2) is 0 Å². The number of fused-ring (bicyclic) bond motifs is 1. The normalized spacial score (nSPS) is 14.7. The summed E-state index contributed by atoms with van der Waals surface area (Å²) in [4.78, 5) is 0. The van der Waals surface area contributed by atoms with Crippen molar-refractivity contribution >= 4 is 5.57 Å². The topological polar surface area (TPSA) is 4.93 Å². The molecule has 0 atom stereocenters. The lowest BCUT2D eigenvalue weighted by Crippen LogP contribution is -1.93. The first-order valence-electron chi connectivity index (χ1n) is 4.66. The first kappa shape index (κ1) is 7.66. The average molecular weight is 161 g/mol. The predicted molar refractivity (Wildman–Crippen MR) is 52.0 cm³/mol. The molecule has 1 aliphatic rings. The van der Waals surface area contributed by atoms with E-state index in [4.69, 9.17) is 0 Å². The fraction of sp³-hybridized carbons (Fsp3) is 0.455. The van der Waals surface area contributed by atoms with Gasteiger partial charge in [0, 0.05) is 18.9 Å². The summed E-state index contributed by atoms with van der Waals surface area (Å²) in [7, 11) is 2.13. The molecule has 0 spiro atoms. The largest absolute Gasteiger partial charge is 0.351 e. The first-order valence-corrected chi connectivity index (χ1v) is 4.66. The summed E-state index contributed by atoms with van der Waals surface area (Å²) < 4.78 is 2.24. The van der Waals surface area contributed by atoms with E-state index in [2.05, 4.69) is 36.9 Å². The third-order valence-corrected chi connectivity index (χ3v) is 2.55. The van der Waals surface area contributed by atoms with Crippen LogP contribution in [0.15, 0.2) is 18.3 Å². The SMILES string of the molecule is CCCC1=CCc2ccn(C)c21. The van der Waals surface area contributed by atoms with Gasteiger partial charge in [0.05, 0.1) is 0 Å². The highest BCUT2D eigenvalue weighted by atomic mass is 14.9. The molecule has 12 heavy (non-hydrogen) atoms. The molecule has 1 aromatic heterocycles. The van der Waals surface area contributed by atoms with Crippen molar-refractivity contribution in [1.82, 2.24) is 4.57 Å². The zero-order valence-electron chi connectivity index (χ0n) is 7.80. The van der Waals surface area contributed by atoms with Crippen LogP contribution < -0.4 is 0 Å². The van der Waals surface area contributed by atoms with Crippen molar-refractivity contribution in [2.45, 2.75) is 26.2 Å². The van der Waals surface area contributed by atoms with Crippen molar-refractivity contribution < 1.29 is 0 Å². The zero-order chi connectivity index (χ0) is 8.55. The van der Waals surface area contributed by atoms with Crippen molar-refractivity contribution in [2.24, 2.45) is 7.05 Å². The lowest BCUT2D eigenvalue weighted by molar-refractivity contribution is 0.884. The van der Waals surface area contributed by atoms with Gasteiger partial charge in [-0.15, -0.1) is 0 Å². The Labute approximate surface area is 73.7 Å². The van der Waals surface area contributed by atoms with Gasteiger partial charge in [0.1, 0.15) is 0 Å². The van der Waals surface area contributed by atoms with E-state index in [1.54, 1.807) is 5.57 Å². The highest BCUT2D eigenvalue weighted by Crippen LogP contribution is 2.30. The van der Waals surface area contributed by atoms with E-state index >= 15 is 0 Å². The van der Waals surface area contributed by atoms with Crippen molar-refractivity contribution in [3.8, 4) is 0 Å². The van der Waals surface area contributed by atoms with E-state index in [9.17, 15) is 0 Å². The lowest BCUT2D eigenvalue weighted by Gasteiger charge is -2.04. The molecule has 1 aliphatic carbocycles. The van der Waals surface area contributed by atoms with Gasteiger partial charge in [0.2, 0.25) is 0 Å². The summed E-state index contributed by atoms with van der Waals surface area (Å²) in [6.07, 6.45) is 8.15. The zero-order valence-corrected chi connectivity index (χ0v) is 7.80. The van der Waals surface area contributed by atoms with Crippen molar-refractivity contribution in [3.63, 3.8) is 0 Å². The minimum atomic E-state index is 1.14. The molecule has 0 radical (unpaired) electrons. The second-order valence-corrected chi connectivity index (χ2v) is 3.48.